The third-order valence-electron chi connectivity index (χ3n) is 17.4. The molecule has 8 heteroatoms. The van der Waals surface area contributed by atoms with E-state index in [4.69, 9.17) is 11.6 Å². The van der Waals surface area contributed by atoms with E-state index >= 15 is 0 Å². The summed E-state index contributed by atoms with van der Waals surface area (Å²) in [6, 6.07) is 21.2. The molecule has 10 fully saturated rings. The van der Waals surface area contributed by atoms with Crippen molar-refractivity contribution >= 4 is 23.4 Å². The fraction of sp³-hybridized carbons (Fsp3) is 0.708. The van der Waals surface area contributed by atoms with Gasteiger partial charge in [0.2, 0.25) is 11.8 Å². The molecule has 2 heterocycles. The Morgan fingerprint density at radius 3 is 1.70 bits per heavy atom. The fourth-order valence-corrected chi connectivity index (χ4v) is 16.8. The first-order valence-electron chi connectivity index (χ1n) is 22.4. The van der Waals surface area contributed by atoms with Crippen LogP contribution in [0.4, 0.5) is 4.39 Å². The van der Waals surface area contributed by atoms with E-state index in [1.165, 1.54) is 23.1 Å². The van der Waals surface area contributed by atoms with Crippen molar-refractivity contribution in [3.8, 4) is 0 Å². The predicted octanol–water partition coefficient (Wildman–Crippen LogP) is 8.15. The van der Waals surface area contributed by atoms with Gasteiger partial charge >= 0.3 is 0 Å². The van der Waals surface area contributed by atoms with Crippen molar-refractivity contribution < 1.29 is 14.0 Å². The molecule has 56 heavy (non-hydrogen) atoms. The van der Waals surface area contributed by atoms with Crippen LogP contribution in [0.3, 0.4) is 0 Å². The second kappa shape index (κ2) is 13.8. The fourth-order valence-electron chi connectivity index (χ4n) is 16.4. The highest BCUT2D eigenvalue weighted by atomic mass is 35.5. The maximum Gasteiger partial charge on any atom is 0.226 e. The van der Waals surface area contributed by atoms with Gasteiger partial charge in [0.25, 0.3) is 0 Å². The van der Waals surface area contributed by atoms with Crippen LogP contribution in [0.15, 0.2) is 54.6 Å². The van der Waals surface area contributed by atoms with Crippen molar-refractivity contribution in [2.75, 3.05) is 38.7 Å². The quantitative estimate of drug-likeness (QED) is 0.174. The highest BCUT2D eigenvalue weighted by molar-refractivity contribution is 6.17. The number of rotatable bonds is 11. The molecular weight excluding hydrogens is 719 g/mol. The number of hydrogen-bond donors (Lipinski definition) is 4. The standard InChI is InChI=1S/C48H64ClFN4O2/c49-16-14-42-22-34-23-44(25-42,30-45(24-34,26-42)40(55)53-38-10-18-51-19-11-38)36-6-8-37(9-7-36)47-28-43(15-17-50)27-46(31-47,35-4-2-1-3-5-35)32-48(29-43,33-47)41(56)54-39-12-20-52-21-13-39/h1-9,34,38-39,51-52H,10-33H2,(H,53,55)(H,54,56)/t34?,42-,43+,44-,45?,46+,47?,48?/m1/s1. The maximum atomic E-state index is 14.9. The predicted molar refractivity (Wildman–Crippen MR) is 221 cm³/mol. The third-order valence-corrected chi connectivity index (χ3v) is 17.6. The van der Waals surface area contributed by atoms with E-state index in [0.29, 0.717) is 24.1 Å². The first-order chi connectivity index (χ1) is 27.1. The lowest BCUT2D eigenvalue weighted by atomic mass is 9.33. The normalized spacial score (nSPS) is 41.5. The lowest BCUT2D eigenvalue weighted by molar-refractivity contribution is -0.171. The summed E-state index contributed by atoms with van der Waals surface area (Å²) in [5.41, 5.74) is 2.69. The Bertz CT molecular complexity index is 1820. The number of halogens is 2. The summed E-state index contributed by atoms with van der Waals surface area (Å²) in [5, 5.41) is 14.1. The lowest BCUT2D eigenvalue weighted by Crippen LogP contribution is -2.68. The summed E-state index contributed by atoms with van der Waals surface area (Å²) in [6.07, 6.45) is 17.2. The summed E-state index contributed by atoms with van der Waals surface area (Å²) in [6.45, 7) is 3.48. The first kappa shape index (κ1) is 37.8. The summed E-state index contributed by atoms with van der Waals surface area (Å²) in [5.74, 6) is 1.71. The minimum absolute atomic E-state index is 0.0341. The van der Waals surface area contributed by atoms with Crippen molar-refractivity contribution in [1.29, 1.82) is 0 Å². The number of alkyl halides is 2. The molecular formula is C48H64ClFN4O2. The summed E-state index contributed by atoms with van der Waals surface area (Å²) < 4.78 is 14.8. The monoisotopic (exact) mass is 782 g/mol. The van der Waals surface area contributed by atoms with Crippen LogP contribution in [-0.2, 0) is 25.8 Å². The van der Waals surface area contributed by atoms with E-state index < -0.39 is 5.41 Å². The van der Waals surface area contributed by atoms with Gasteiger partial charge in [-0.15, -0.1) is 11.6 Å². The molecule has 2 saturated heterocycles. The van der Waals surface area contributed by atoms with Crippen LogP contribution < -0.4 is 21.3 Å². The molecule has 8 aliphatic carbocycles. The zero-order valence-electron chi connectivity index (χ0n) is 33.5. The Morgan fingerprint density at radius 2 is 1.11 bits per heavy atom. The SMILES string of the molecule is O=C(NC1CCNCC1)C12CC3C[C@@](CCCl)(C1)C[C@](c1ccc(C45CC6(C(=O)NC7CCNCC7)C[C@](CCF)(C4)C[C@@](c4ccccc4)(C6)C5)cc1)(C3)C2. The highest BCUT2D eigenvalue weighted by Crippen LogP contribution is 2.76. The molecule has 0 radical (unpaired) electrons. The van der Waals surface area contributed by atoms with Gasteiger partial charge in [-0.05, 0) is 191 Å². The minimum Gasteiger partial charge on any atom is -0.353 e. The summed E-state index contributed by atoms with van der Waals surface area (Å²) in [7, 11) is 0. The van der Waals surface area contributed by atoms with Crippen LogP contribution in [-0.4, -0.2) is 62.6 Å². The molecule has 8 atom stereocenters. The van der Waals surface area contributed by atoms with Gasteiger partial charge in [-0.1, -0.05) is 54.6 Å². The Labute approximate surface area is 339 Å². The van der Waals surface area contributed by atoms with Crippen molar-refractivity contribution in [3.05, 3.63) is 71.3 Å². The number of carbonyl (C=O) groups is 2. The molecule has 4 unspecified atom stereocenters. The molecule has 2 aromatic carbocycles. The largest absolute Gasteiger partial charge is 0.353 e. The van der Waals surface area contributed by atoms with Gasteiger partial charge in [0.05, 0.1) is 17.5 Å². The molecule has 6 nitrogen and oxygen atoms in total. The lowest BCUT2D eigenvalue weighted by Gasteiger charge is -2.70. The molecule has 0 aromatic heterocycles. The van der Waals surface area contributed by atoms with E-state index in [-0.39, 0.29) is 57.2 Å². The van der Waals surface area contributed by atoms with E-state index in [2.05, 4.69) is 75.9 Å². The molecule has 4 N–H and O–H groups in total. The highest BCUT2D eigenvalue weighted by Gasteiger charge is 2.71. The molecule has 2 amide bonds. The first-order valence-corrected chi connectivity index (χ1v) is 22.9. The van der Waals surface area contributed by atoms with Crippen molar-refractivity contribution in [2.45, 2.75) is 144 Å². The van der Waals surface area contributed by atoms with Crippen molar-refractivity contribution in [3.63, 3.8) is 0 Å². The smallest absolute Gasteiger partial charge is 0.226 e. The van der Waals surface area contributed by atoms with Gasteiger partial charge in [-0.25, -0.2) is 0 Å². The van der Waals surface area contributed by atoms with Gasteiger partial charge in [-0.2, -0.15) is 0 Å². The average Bonchev–Trinajstić information content (AvgIpc) is 3.18. The van der Waals surface area contributed by atoms with E-state index in [1.807, 2.05) is 0 Å². The van der Waals surface area contributed by atoms with Gasteiger partial charge in [-0.3, -0.25) is 14.0 Å². The number of amides is 2. The second-order valence-corrected chi connectivity index (χ2v) is 21.7. The minimum atomic E-state index is -0.523. The zero-order chi connectivity index (χ0) is 38.3. The van der Waals surface area contributed by atoms with Crippen molar-refractivity contribution in [2.24, 2.45) is 27.6 Å². The molecule has 8 bridgehead atoms. The van der Waals surface area contributed by atoms with E-state index in [1.54, 1.807) is 0 Å². The van der Waals surface area contributed by atoms with E-state index in [9.17, 15) is 14.0 Å². The van der Waals surface area contributed by atoms with Gasteiger partial charge in [0.15, 0.2) is 0 Å². The van der Waals surface area contributed by atoms with Gasteiger partial charge < -0.3 is 21.3 Å². The number of benzene rings is 2. The molecule has 12 rings (SSSR count). The Kier molecular flexibility index (Phi) is 9.30. The second-order valence-electron chi connectivity index (χ2n) is 21.3. The Hall–Kier alpha value is -2.48. The average molecular weight is 784 g/mol. The van der Waals surface area contributed by atoms with Crippen LogP contribution in [0, 0.1) is 27.6 Å². The van der Waals surface area contributed by atoms with E-state index in [0.717, 1.165) is 129 Å². The van der Waals surface area contributed by atoms with Crippen LogP contribution in [0.1, 0.15) is 132 Å². The molecule has 10 aliphatic rings. The topological polar surface area (TPSA) is 82.3 Å². The molecule has 8 saturated carbocycles. The summed E-state index contributed by atoms with van der Waals surface area (Å²) in [4.78, 5) is 29.4. The number of piperidine rings is 2. The Morgan fingerprint density at radius 1 is 0.589 bits per heavy atom. The van der Waals surface area contributed by atoms with Crippen LogP contribution >= 0.6 is 11.6 Å². The number of carbonyl (C=O) groups excluding carboxylic acids is 2. The molecule has 2 aliphatic heterocycles. The third kappa shape index (κ3) is 6.13. The molecule has 302 valence electrons. The number of nitrogens with one attached hydrogen (secondary N) is 4. The number of hydrogen-bond acceptors (Lipinski definition) is 4. The van der Waals surface area contributed by atoms with Crippen LogP contribution in [0.2, 0.25) is 0 Å². The van der Waals surface area contributed by atoms with Gasteiger partial charge in [0.1, 0.15) is 0 Å². The van der Waals surface area contributed by atoms with Crippen LogP contribution in [0.25, 0.3) is 0 Å². The summed E-state index contributed by atoms with van der Waals surface area (Å²) >= 11 is 6.60. The molecule has 0 spiro atoms. The molecule has 2 aromatic rings. The van der Waals surface area contributed by atoms with Gasteiger partial charge in [0, 0.05) is 18.0 Å². The van der Waals surface area contributed by atoms with Crippen LogP contribution in [0.5, 0.6) is 0 Å². The van der Waals surface area contributed by atoms with Crippen molar-refractivity contribution in [1.82, 2.24) is 21.3 Å². The Balaban J connectivity index is 1.01. The maximum absolute atomic E-state index is 14.9. The zero-order valence-corrected chi connectivity index (χ0v) is 34.2.